The maximum atomic E-state index is 12.6. The molecule has 5 nitrogen and oxygen atoms in total. The number of fused-ring (bicyclic) bond motifs is 1. The molecule has 3 aromatic rings. The Morgan fingerprint density at radius 3 is 2.47 bits per heavy atom. The summed E-state index contributed by atoms with van der Waals surface area (Å²) in [6, 6.07) is 13.2. The zero-order valence-electron chi connectivity index (χ0n) is 19.1. The van der Waals surface area contributed by atoms with E-state index < -0.39 is 11.2 Å². The lowest BCUT2D eigenvalue weighted by atomic mass is 9.92. The van der Waals surface area contributed by atoms with Crippen molar-refractivity contribution in [3.8, 4) is 22.6 Å². The highest BCUT2D eigenvalue weighted by Crippen LogP contribution is 2.41. The van der Waals surface area contributed by atoms with Crippen LogP contribution in [0, 0.1) is 0 Å². The highest BCUT2D eigenvalue weighted by molar-refractivity contribution is 5.97. The number of benzene rings is 2. The van der Waals surface area contributed by atoms with Gasteiger partial charge in [-0.05, 0) is 69.7 Å². The molecule has 1 heterocycles. The Labute approximate surface area is 189 Å². The molecule has 2 aromatic carbocycles. The molecule has 0 atom stereocenters. The summed E-state index contributed by atoms with van der Waals surface area (Å²) in [5.41, 5.74) is -0.282. The van der Waals surface area contributed by atoms with Crippen molar-refractivity contribution in [2.45, 2.75) is 71.0 Å². The van der Waals surface area contributed by atoms with Gasteiger partial charge in [-0.15, -0.1) is 0 Å². The van der Waals surface area contributed by atoms with E-state index in [9.17, 15) is 9.90 Å². The van der Waals surface area contributed by atoms with E-state index in [0.29, 0.717) is 23.3 Å². The van der Waals surface area contributed by atoms with Crippen molar-refractivity contribution in [3.63, 3.8) is 0 Å². The molecule has 1 aliphatic rings. The summed E-state index contributed by atoms with van der Waals surface area (Å²) in [6.07, 6.45) is 6.72. The van der Waals surface area contributed by atoms with Gasteiger partial charge in [0.05, 0.1) is 18.1 Å². The molecular weight excluding hydrogens is 404 g/mol. The molecule has 4 rings (SSSR count). The molecule has 0 amide bonds. The van der Waals surface area contributed by atoms with Crippen LogP contribution in [0.2, 0.25) is 0 Å². The highest BCUT2D eigenvalue weighted by atomic mass is 16.5. The maximum absolute atomic E-state index is 12.6. The third-order valence-corrected chi connectivity index (χ3v) is 5.98. The fourth-order valence-electron chi connectivity index (χ4n) is 4.30. The van der Waals surface area contributed by atoms with Gasteiger partial charge in [0.2, 0.25) is 0 Å². The molecule has 0 aliphatic heterocycles. The second-order valence-electron chi connectivity index (χ2n) is 9.09. The van der Waals surface area contributed by atoms with Gasteiger partial charge in [0.1, 0.15) is 11.4 Å². The Morgan fingerprint density at radius 2 is 1.78 bits per heavy atom. The molecule has 0 saturated heterocycles. The minimum absolute atomic E-state index is 0.219. The van der Waals surface area contributed by atoms with Crippen LogP contribution in [0.5, 0.6) is 11.5 Å². The van der Waals surface area contributed by atoms with Crippen LogP contribution in [-0.4, -0.2) is 17.8 Å². The average molecular weight is 437 g/mol. The lowest BCUT2D eigenvalue weighted by molar-refractivity contribution is 0.0521. The van der Waals surface area contributed by atoms with Crippen molar-refractivity contribution in [2.24, 2.45) is 0 Å². The van der Waals surface area contributed by atoms with Crippen molar-refractivity contribution in [1.29, 1.82) is 0 Å². The lowest BCUT2D eigenvalue weighted by Gasteiger charge is -2.22. The molecule has 32 heavy (non-hydrogen) atoms. The van der Waals surface area contributed by atoms with E-state index in [-0.39, 0.29) is 11.9 Å². The quantitative estimate of drug-likeness (QED) is 0.427. The number of ether oxygens (including phenoxy) is 2. The third-order valence-electron chi connectivity index (χ3n) is 5.98. The van der Waals surface area contributed by atoms with Gasteiger partial charge in [0.25, 0.3) is 0 Å². The summed E-state index contributed by atoms with van der Waals surface area (Å²) >= 11 is 0. The molecule has 170 valence electrons. The molecule has 5 heteroatoms. The van der Waals surface area contributed by atoms with Gasteiger partial charge in [-0.3, -0.25) is 0 Å². The van der Waals surface area contributed by atoms with Gasteiger partial charge >= 0.3 is 5.63 Å². The molecule has 0 spiro atoms. The molecule has 0 radical (unpaired) electrons. The molecule has 1 aromatic heterocycles. The van der Waals surface area contributed by atoms with Crippen LogP contribution < -0.4 is 15.1 Å². The summed E-state index contributed by atoms with van der Waals surface area (Å²) < 4.78 is 18.1. The van der Waals surface area contributed by atoms with Crippen molar-refractivity contribution in [1.82, 2.24) is 0 Å². The first-order chi connectivity index (χ1) is 15.4. The van der Waals surface area contributed by atoms with Crippen molar-refractivity contribution in [2.75, 3.05) is 6.61 Å². The number of hydrogen-bond acceptors (Lipinski definition) is 5. The van der Waals surface area contributed by atoms with Crippen LogP contribution in [0.1, 0.15) is 65.1 Å². The summed E-state index contributed by atoms with van der Waals surface area (Å²) in [5.74, 6) is 1.66. The minimum atomic E-state index is -1.33. The van der Waals surface area contributed by atoms with Gasteiger partial charge in [-0.1, -0.05) is 37.6 Å². The van der Waals surface area contributed by atoms with E-state index in [1.807, 2.05) is 36.4 Å². The second kappa shape index (κ2) is 9.37. The largest absolute Gasteiger partial charge is 0.490 e. The van der Waals surface area contributed by atoms with Gasteiger partial charge in [0.15, 0.2) is 11.5 Å². The summed E-state index contributed by atoms with van der Waals surface area (Å²) in [7, 11) is 0. The van der Waals surface area contributed by atoms with Gasteiger partial charge < -0.3 is 19.0 Å². The van der Waals surface area contributed by atoms with Crippen LogP contribution >= 0.6 is 0 Å². The van der Waals surface area contributed by atoms with Crippen LogP contribution in [-0.2, 0) is 5.60 Å². The van der Waals surface area contributed by atoms with E-state index in [1.54, 1.807) is 19.9 Å². The Hall–Kier alpha value is -2.79. The first kappa shape index (κ1) is 22.4. The van der Waals surface area contributed by atoms with E-state index in [2.05, 4.69) is 6.92 Å². The number of rotatable bonds is 8. The molecule has 1 fully saturated rings. The van der Waals surface area contributed by atoms with Crippen LogP contribution in [0.15, 0.2) is 51.7 Å². The Bertz CT molecular complexity index is 1130. The van der Waals surface area contributed by atoms with Crippen molar-refractivity contribution < 1.29 is 19.0 Å². The molecule has 0 unspecified atom stereocenters. The molecule has 1 saturated carbocycles. The monoisotopic (exact) mass is 436 g/mol. The summed E-state index contributed by atoms with van der Waals surface area (Å²) in [4.78, 5) is 12.6. The number of aliphatic hydroxyl groups is 1. The predicted molar refractivity (Wildman–Crippen MR) is 126 cm³/mol. The van der Waals surface area contributed by atoms with Crippen molar-refractivity contribution >= 4 is 10.8 Å². The second-order valence-corrected chi connectivity index (χ2v) is 9.09. The zero-order chi connectivity index (χ0) is 22.7. The van der Waals surface area contributed by atoms with E-state index in [1.165, 1.54) is 12.8 Å². The van der Waals surface area contributed by atoms with Gasteiger partial charge in [-0.2, -0.15) is 0 Å². The predicted octanol–water partition coefficient (Wildman–Crippen LogP) is 6.19. The van der Waals surface area contributed by atoms with E-state index >= 15 is 0 Å². The molecule has 1 aliphatic carbocycles. The highest BCUT2D eigenvalue weighted by Gasteiger charge is 2.28. The molecule has 1 N–H and O–H groups in total. The lowest BCUT2D eigenvalue weighted by Crippen LogP contribution is -2.20. The number of hydrogen-bond donors (Lipinski definition) is 1. The maximum Gasteiger partial charge on any atom is 0.343 e. The number of unbranched alkanes of at least 4 members (excludes halogenated alkanes) is 1. The van der Waals surface area contributed by atoms with E-state index in [4.69, 9.17) is 13.9 Å². The fraction of sp³-hybridized carbons (Fsp3) is 0.444. The normalized spacial score (nSPS) is 14.8. The summed E-state index contributed by atoms with van der Waals surface area (Å²) in [6.45, 7) is 5.98. The van der Waals surface area contributed by atoms with Crippen LogP contribution in [0.3, 0.4) is 0 Å². The van der Waals surface area contributed by atoms with Gasteiger partial charge in [0, 0.05) is 10.9 Å². The topological polar surface area (TPSA) is 68.9 Å². The standard InChI is InChI=1S/C27H32O5/c1-4-5-16-30-23-17-18(14-15-22(23)31-19-10-6-7-11-19)24-20-12-8-9-13-21(20)26(28)32-25(24)27(2,3)29/h8-9,12-15,17,19,29H,4-7,10-11,16H2,1-3H3. The minimum Gasteiger partial charge on any atom is -0.490 e. The first-order valence-corrected chi connectivity index (χ1v) is 11.6. The fourth-order valence-corrected chi connectivity index (χ4v) is 4.30. The molecule has 0 bridgehead atoms. The smallest absolute Gasteiger partial charge is 0.343 e. The SMILES string of the molecule is CCCCOc1cc(-c2c(C(C)(C)O)oc(=O)c3ccccc23)ccc1OC1CCCC1. The van der Waals surface area contributed by atoms with Crippen LogP contribution in [0.4, 0.5) is 0 Å². The van der Waals surface area contributed by atoms with E-state index in [0.717, 1.165) is 42.4 Å². The summed E-state index contributed by atoms with van der Waals surface area (Å²) in [5, 5.41) is 12.0. The Balaban J connectivity index is 1.86. The third kappa shape index (κ3) is 4.68. The molecular formula is C27H32O5. The first-order valence-electron chi connectivity index (χ1n) is 11.6. The average Bonchev–Trinajstić information content (AvgIpc) is 3.28. The van der Waals surface area contributed by atoms with Gasteiger partial charge in [-0.25, -0.2) is 4.79 Å². The van der Waals surface area contributed by atoms with Crippen molar-refractivity contribution in [3.05, 3.63) is 58.6 Å². The Kier molecular flexibility index (Phi) is 6.56. The Morgan fingerprint density at radius 1 is 1.06 bits per heavy atom. The zero-order valence-corrected chi connectivity index (χ0v) is 19.1. The van der Waals surface area contributed by atoms with Crippen LogP contribution in [0.25, 0.3) is 21.9 Å².